The van der Waals surface area contributed by atoms with Gasteiger partial charge in [-0.05, 0) is 31.9 Å². The number of nitrogens with zero attached hydrogens (tertiary/aromatic N) is 2. The Labute approximate surface area is 193 Å². The van der Waals surface area contributed by atoms with Gasteiger partial charge in [0.05, 0.1) is 18.8 Å². The highest BCUT2D eigenvalue weighted by atomic mass is 32.1. The van der Waals surface area contributed by atoms with E-state index in [1.54, 1.807) is 30.6 Å². The van der Waals surface area contributed by atoms with Crippen molar-refractivity contribution in [2.75, 3.05) is 52.4 Å². The smallest absolute Gasteiger partial charge is 0.322 e. The third-order valence-corrected chi connectivity index (χ3v) is 5.25. The van der Waals surface area contributed by atoms with E-state index in [1.165, 1.54) is 11.3 Å². The Morgan fingerprint density at radius 1 is 1.12 bits per heavy atom. The SMILES string of the molecule is CCOc1ccccc1NC(=O)N(CCCOC)Cc1nc(C(=O)NCCCOC)cs1. The Hall–Kier alpha value is -2.69. The van der Waals surface area contributed by atoms with E-state index in [0.717, 1.165) is 6.42 Å². The number of urea groups is 1. The number of hydrogen-bond acceptors (Lipinski definition) is 7. The Kier molecular flexibility index (Phi) is 11.5. The minimum absolute atomic E-state index is 0.232. The number of rotatable bonds is 14. The molecule has 176 valence electrons. The standard InChI is InChI=1S/C22H32N4O5S/c1-4-31-19-10-6-5-9-17(19)25-22(28)26(12-8-14-30-3)15-20-24-18(16-32-20)21(27)23-11-7-13-29-2/h5-6,9-10,16H,4,7-8,11-15H2,1-3H3,(H,23,27)(H,25,28). The van der Waals surface area contributed by atoms with Crippen molar-refractivity contribution in [2.24, 2.45) is 0 Å². The summed E-state index contributed by atoms with van der Waals surface area (Å²) < 4.78 is 15.7. The lowest BCUT2D eigenvalue weighted by molar-refractivity contribution is 0.0944. The molecule has 0 fully saturated rings. The molecular weight excluding hydrogens is 432 g/mol. The quantitative estimate of drug-likeness (QED) is 0.416. The molecule has 2 N–H and O–H groups in total. The van der Waals surface area contributed by atoms with Crippen LogP contribution >= 0.6 is 11.3 Å². The average Bonchev–Trinajstić information content (AvgIpc) is 3.26. The number of aromatic nitrogens is 1. The monoisotopic (exact) mass is 464 g/mol. The number of hydrogen-bond donors (Lipinski definition) is 2. The van der Waals surface area contributed by atoms with Crippen LogP contribution in [-0.4, -0.2) is 69.0 Å². The highest BCUT2D eigenvalue weighted by Crippen LogP contribution is 2.24. The van der Waals surface area contributed by atoms with Crippen LogP contribution in [-0.2, 0) is 16.0 Å². The summed E-state index contributed by atoms with van der Waals surface area (Å²) in [5.74, 6) is 0.381. The maximum Gasteiger partial charge on any atom is 0.322 e. The number of amides is 3. The molecule has 10 heteroatoms. The van der Waals surface area contributed by atoms with Crippen molar-refractivity contribution in [3.05, 3.63) is 40.3 Å². The minimum atomic E-state index is -0.269. The van der Waals surface area contributed by atoms with Crippen LogP contribution in [0.15, 0.2) is 29.6 Å². The number of carbonyl (C=O) groups is 2. The molecule has 2 rings (SSSR count). The first-order valence-electron chi connectivity index (χ1n) is 10.6. The van der Waals surface area contributed by atoms with Crippen molar-refractivity contribution in [2.45, 2.75) is 26.3 Å². The molecule has 3 amide bonds. The molecular formula is C22H32N4O5S. The van der Waals surface area contributed by atoms with Crippen LogP contribution in [0, 0.1) is 0 Å². The third-order valence-electron chi connectivity index (χ3n) is 4.41. The molecule has 0 spiro atoms. The van der Waals surface area contributed by atoms with Crippen molar-refractivity contribution in [3.8, 4) is 5.75 Å². The second-order valence-electron chi connectivity index (χ2n) is 6.86. The fourth-order valence-corrected chi connectivity index (χ4v) is 3.65. The maximum absolute atomic E-state index is 13.0. The fraction of sp³-hybridized carbons (Fsp3) is 0.500. The number of thiazole rings is 1. The number of anilines is 1. The lowest BCUT2D eigenvalue weighted by Gasteiger charge is -2.23. The van der Waals surface area contributed by atoms with E-state index in [9.17, 15) is 9.59 Å². The van der Waals surface area contributed by atoms with Gasteiger partial charge < -0.3 is 29.7 Å². The van der Waals surface area contributed by atoms with E-state index in [-0.39, 0.29) is 18.5 Å². The van der Waals surface area contributed by atoms with Gasteiger partial charge in [0.15, 0.2) is 0 Å². The third kappa shape index (κ3) is 8.45. The van der Waals surface area contributed by atoms with E-state index in [1.807, 2.05) is 25.1 Å². The van der Waals surface area contributed by atoms with Crippen LogP contribution in [0.4, 0.5) is 10.5 Å². The topological polar surface area (TPSA) is 102 Å². The molecule has 0 saturated carbocycles. The molecule has 1 heterocycles. The second-order valence-corrected chi connectivity index (χ2v) is 7.80. The Balaban J connectivity index is 2.03. The Morgan fingerprint density at radius 3 is 2.62 bits per heavy atom. The molecule has 0 atom stereocenters. The molecule has 9 nitrogen and oxygen atoms in total. The molecule has 0 bridgehead atoms. The lowest BCUT2D eigenvalue weighted by atomic mass is 10.3. The predicted octanol–water partition coefficient (Wildman–Crippen LogP) is 3.38. The average molecular weight is 465 g/mol. The van der Waals surface area contributed by atoms with Crippen LogP contribution < -0.4 is 15.4 Å². The fourth-order valence-electron chi connectivity index (χ4n) is 2.86. The van der Waals surface area contributed by atoms with E-state index >= 15 is 0 Å². The van der Waals surface area contributed by atoms with Crippen molar-refractivity contribution in [3.63, 3.8) is 0 Å². The van der Waals surface area contributed by atoms with Crippen LogP contribution in [0.5, 0.6) is 5.75 Å². The van der Waals surface area contributed by atoms with Gasteiger partial charge in [0, 0.05) is 45.9 Å². The summed E-state index contributed by atoms with van der Waals surface area (Å²) in [6.45, 7) is 4.79. The molecule has 2 aromatic rings. The van der Waals surface area contributed by atoms with Gasteiger partial charge in [-0.25, -0.2) is 9.78 Å². The van der Waals surface area contributed by atoms with Gasteiger partial charge in [-0.1, -0.05) is 12.1 Å². The number of benzene rings is 1. The zero-order chi connectivity index (χ0) is 23.2. The molecule has 0 aliphatic carbocycles. The summed E-state index contributed by atoms with van der Waals surface area (Å²) in [7, 11) is 3.25. The Morgan fingerprint density at radius 2 is 1.88 bits per heavy atom. The second kappa shape index (κ2) is 14.4. The lowest BCUT2D eigenvalue weighted by Crippen LogP contribution is -2.36. The van der Waals surface area contributed by atoms with Crippen LogP contribution in [0.1, 0.15) is 35.3 Å². The summed E-state index contributed by atoms with van der Waals surface area (Å²) in [6.07, 6.45) is 1.41. The van der Waals surface area contributed by atoms with Gasteiger partial charge in [0.25, 0.3) is 5.91 Å². The first-order valence-corrected chi connectivity index (χ1v) is 11.4. The largest absolute Gasteiger partial charge is 0.492 e. The molecule has 32 heavy (non-hydrogen) atoms. The van der Waals surface area contributed by atoms with Crippen LogP contribution in [0.3, 0.4) is 0 Å². The van der Waals surface area contributed by atoms with Gasteiger partial charge in [-0.3, -0.25) is 4.79 Å². The first-order chi connectivity index (χ1) is 15.6. The van der Waals surface area contributed by atoms with Crippen molar-refractivity contribution < 1.29 is 23.8 Å². The Bertz CT molecular complexity index is 845. The molecule has 0 radical (unpaired) electrons. The molecule has 0 unspecified atom stereocenters. The predicted molar refractivity (Wildman–Crippen MR) is 124 cm³/mol. The molecule has 0 aliphatic heterocycles. The summed E-state index contributed by atoms with van der Waals surface area (Å²) in [5.41, 5.74) is 0.952. The minimum Gasteiger partial charge on any atom is -0.492 e. The molecule has 0 saturated heterocycles. The van der Waals surface area contributed by atoms with Crippen LogP contribution in [0.25, 0.3) is 0 Å². The van der Waals surface area contributed by atoms with Gasteiger partial charge in [0.1, 0.15) is 16.5 Å². The van der Waals surface area contributed by atoms with E-state index in [2.05, 4.69) is 15.6 Å². The van der Waals surface area contributed by atoms with Gasteiger partial charge in [-0.15, -0.1) is 11.3 Å². The van der Waals surface area contributed by atoms with Crippen LogP contribution in [0.2, 0.25) is 0 Å². The van der Waals surface area contributed by atoms with Gasteiger partial charge in [0.2, 0.25) is 0 Å². The van der Waals surface area contributed by atoms with Crippen molar-refractivity contribution in [1.29, 1.82) is 0 Å². The first kappa shape index (κ1) is 25.6. The summed E-state index contributed by atoms with van der Waals surface area (Å²) in [4.78, 5) is 31.3. The summed E-state index contributed by atoms with van der Waals surface area (Å²) >= 11 is 1.35. The molecule has 1 aromatic heterocycles. The maximum atomic E-state index is 13.0. The zero-order valence-electron chi connectivity index (χ0n) is 18.9. The number of ether oxygens (including phenoxy) is 3. The molecule has 0 aliphatic rings. The van der Waals surface area contributed by atoms with E-state index in [0.29, 0.717) is 61.5 Å². The summed E-state index contributed by atoms with van der Waals surface area (Å²) in [6, 6.07) is 7.03. The van der Waals surface area contributed by atoms with E-state index < -0.39 is 0 Å². The summed E-state index contributed by atoms with van der Waals surface area (Å²) in [5, 5.41) is 8.12. The van der Waals surface area contributed by atoms with Gasteiger partial charge in [-0.2, -0.15) is 0 Å². The number of methoxy groups -OCH3 is 2. The van der Waals surface area contributed by atoms with Gasteiger partial charge >= 0.3 is 6.03 Å². The highest BCUT2D eigenvalue weighted by molar-refractivity contribution is 7.09. The van der Waals surface area contributed by atoms with E-state index in [4.69, 9.17) is 14.2 Å². The van der Waals surface area contributed by atoms with Crippen molar-refractivity contribution in [1.82, 2.24) is 15.2 Å². The van der Waals surface area contributed by atoms with Crippen molar-refractivity contribution >= 4 is 29.0 Å². The zero-order valence-corrected chi connectivity index (χ0v) is 19.7. The number of carbonyl (C=O) groups excluding carboxylic acids is 2. The number of para-hydroxylation sites is 2. The normalized spacial score (nSPS) is 10.6. The number of nitrogens with one attached hydrogen (secondary N) is 2. The highest BCUT2D eigenvalue weighted by Gasteiger charge is 2.19. The molecule has 1 aromatic carbocycles.